The molecule has 6 heteroatoms. The van der Waals surface area contributed by atoms with Gasteiger partial charge in [0.25, 0.3) is 0 Å². The highest BCUT2D eigenvalue weighted by atomic mass is 16.4. The minimum atomic E-state index is -0.810. The normalized spacial score (nSPS) is 24.0. The molecule has 1 saturated carbocycles. The first-order valence-corrected chi connectivity index (χ1v) is 6.99. The van der Waals surface area contributed by atoms with Crippen LogP contribution in [0.25, 0.3) is 0 Å². The van der Waals surface area contributed by atoms with Gasteiger partial charge in [0.2, 0.25) is 5.91 Å². The zero-order valence-electron chi connectivity index (χ0n) is 11.4. The van der Waals surface area contributed by atoms with Crippen molar-refractivity contribution in [1.82, 2.24) is 9.80 Å². The van der Waals surface area contributed by atoms with Crippen LogP contribution in [0.1, 0.15) is 26.2 Å². The first kappa shape index (κ1) is 14.3. The van der Waals surface area contributed by atoms with Gasteiger partial charge in [0.05, 0.1) is 0 Å². The summed E-state index contributed by atoms with van der Waals surface area (Å²) in [6.07, 6.45) is 2.73. The molecule has 2 unspecified atom stereocenters. The third kappa shape index (κ3) is 3.67. The monoisotopic (exact) mass is 269 g/mol. The number of carboxylic acids is 1. The summed E-state index contributed by atoms with van der Waals surface area (Å²) in [6.45, 7) is 4.14. The lowest BCUT2D eigenvalue weighted by Gasteiger charge is -2.37. The number of rotatable bonds is 5. The molecule has 2 rings (SSSR count). The van der Waals surface area contributed by atoms with Crippen LogP contribution in [0.2, 0.25) is 0 Å². The van der Waals surface area contributed by atoms with E-state index in [-0.39, 0.29) is 11.9 Å². The zero-order chi connectivity index (χ0) is 14.0. The Morgan fingerprint density at radius 2 is 1.84 bits per heavy atom. The van der Waals surface area contributed by atoms with Crippen LogP contribution in [0.3, 0.4) is 0 Å². The maximum atomic E-state index is 12.1. The Labute approximate surface area is 113 Å². The molecule has 19 heavy (non-hydrogen) atoms. The van der Waals surface area contributed by atoms with Gasteiger partial charge in [0, 0.05) is 38.6 Å². The predicted octanol–water partition coefficient (Wildman–Crippen LogP) is -0.269. The standard InChI is InChI=1S/C13H23N3O3/c1-9(13(18)19)15-4-6-16(7-5-15)12(17)8-11(14)10-2-3-10/h9-11H,2-8,14H2,1H3,(H,18,19). The van der Waals surface area contributed by atoms with Crippen LogP contribution < -0.4 is 5.73 Å². The average Bonchev–Trinajstić information content (AvgIpc) is 3.22. The van der Waals surface area contributed by atoms with Crippen molar-refractivity contribution < 1.29 is 14.7 Å². The van der Waals surface area contributed by atoms with Crippen molar-refractivity contribution in [2.75, 3.05) is 26.2 Å². The zero-order valence-corrected chi connectivity index (χ0v) is 11.4. The van der Waals surface area contributed by atoms with Crippen molar-refractivity contribution >= 4 is 11.9 Å². The van der Waals surface area contributed by atoms with E-state index in [9.17, 15) is 9.59 Å². The molecule has 1 aliphatic heterocycles. The molecule has 1 heterocycles. The minimum Gasteiger partial charge on any atom is -0.480 e. The van der Waals surface area contributed by atoms with E-state index in [1.54, 1.807) is 6.92 Å². The van der Waals surface area contributed by atoms with E-state index >= 15 is 0 Å². The number of carboxylic acid groups (broad SMARTS) is 1. The molecule has 1 saturated heterocycles. The smallest absolute Gasteiger partial charge is 0.320 e. The van der Waals surface area contributed by atoms with Crippen molar-refractivity contribution in [2.45, 2.75) is 38.3 Å². The van der Waals surface area contributed by atoms with E-state index in [4.69, 9.17) is 10.8 Å². The van der Waals surface area contributed by atoms with Gasteiger partial charge in [-0.05, 0) is 25.7 Å². The van der Waals surface area contributed by atoms with E-state index in [1.807, 2.05) is 9.80 Å². The molecule has 0 aromatic heterocycles. The average molecular weight is 269 g/mol. The van der Waals surface area contributed by atoms with Gasteiger partial charge in [0.15, 0.2) is 0 Å². The van der Waals surface area contributed by atoms with Gasteiger partial charge in [-0.25, -0.2) is 0 Å². The SMILES string of the molecule is CC(C(=O)O)N1CCN(C(=O)CC(N)C2CC2)CC1. The molecule has 3 N–H and O–H groups in total. The highest BCUT2D eigenvalue weighted by Gasteiger charge is 2.32. The Morgan fingerprint density at radius 1 is 1.26 bits per heavy atom. The first-order chi connectivity index (χ1) is 8.99. The summed E-state index contributed by atoms with van der Waals surface area (Å²) in [7, 11) is 0. The molecule has 2 aliphatic rings. The second kappa shape index (κ2) is 5.88. The van der Waals surface area contributed by atoms with E-state index in [0.717, 1.165) is 12.8 Å². The summed E-state index contributed by atoms with van der Waals surface area (Å²) < 4.78 is 0. The van der Waals surface area contributed by atoms with Gasteiger partial charge in [-0.1, -0.05) is 0 Å². The molecule has 0 aromatic rings. The van der Waals surface area contributed by atoms with Crippen LogP contribution >= 0.6 is 0 Å². The summed E-state index contributed by atoms with van der Waals surface area (Å²) in [6, 6.07) is -0.477. The molecule has 0 aromatic carbocycles. The van der Waals surface area contributed by atoms with E-state index in [1.165, 1.54) is 0 Å². The fourth-order valence-corrected chi connectivity index (χ4v) is 2.54. The number of carbonyl (C=O) groups is 2. The van der Waals surface area contributed by atoms with Gasteiger partial charge in [-0.2, -0.15) is 0 Å². The van der Waals surface area contributed by atoms with Crippen LogP contribution in [0, 0.1) is 5.92 Å². The number of nitrogens with two attached hydrogens (primary N) is 1. The number of hydrogen-bond donors (Lipinski definition) is 2. The van der Waals surface area contributed by atoms with Gasteiger partial charge in [-0.15, -0.1) is 0 Å². The Morgan fingerprint density at radius 3 is 2.32 bits per heavy atom. The Hall–Kier alpha value is -1.14. The topological polar surface area (TPSA) is 86.9 Å². The second-order valence-electron chi connectivity index (χ2n) is 5.64. The second-order valence-corrected chi connectivity index (χ2v) is 5.64. The molecule has 108 valence electrons. The molecule has 1 amide bonds. The molecule has 0 bridgehead atoms. The van der Waals surface area contributed by atoms with E-state index in [2.05, 4.69) is 0 Å². The van der Waals surface area contributed by atoms with E-state index < -0.39 is 12.0 Å². The van der Waals surface area contributed by atoms with Gasteiger partial charge in [0.1, 0.15) is 6.04 Å². The first-order valence-electron chi connectivity index (χ1n) is 6.99. The summed E-state index contributed by atoms with van der Waals surface area (Å²) in [5.74, 6) is -0.158. The summed E-state index contributed by atoms with van der Waals surface area (Å²) >= 11 is 0. The molecule has 2 fully saturated rings. The molecule has 0 spiro atoms. The van der Waals surface area contributed by atoms with Crippen molar-refractivity contribution in [3.63, 3.8) is 0 Å². The van der Waals surface area contributed by atoms with Crippen LogP contribution in [0.15, 0.2) is 0 Å². The van der Waals surface area contributed by atoms with Crippen LogP contribution in [-0.2, 0) is 9.59 Å². The largest absolute Gasteiger partial charge is 0.480 e. The summed E-state index contributed by atoms with van der Waals surface area (Å²) in [5, 5.41) is 8.96. The number of hydrogen-bond acceptors (Lipinski definition) is 4. The Kier molecular flexibility index (Phi) is 4.42. The Balaban J connectivity index is 1.75. The maximum Gasteiger partial charge on any atom is 0.320 e. The fraction of sp³-hybridized carbons (Fsp3) is 0.846. The Bertz CT molecular complexity index is 349. The highest BCUT2D eigenvalue weighted by molar-refractivity contribution is 5.77. The van der Waals surface area contributed by atoms with Crippen molar-refractivity contribution in [3.8, 4) is 0 Å². The molecular weight excluding hydrogens is 246 g/mol. The lowest BCUT2D eigenvalue weighted by Crippen LogP contribution is -2.53. The highest BCUT2D eigenvalue weighted by Crippen LogP contribution is 2.33. The quantitative estimate of drug-likeness (QED) is 0.717. The number of nitrogens with zero attached hydrogens (tertiary/aromatic N) is 2. The molecular formula is C13H23N3O3. The fourth-order valence-electron chi connectivity index (χ4n) is 2.54. The summed E-state index contributed by atoms with van der Waals surface area (Å²) in [4.78, 5) is 26.7. The van der Waals surface area contributed by atoms with Gasteiger partial charge < -0.3 is 15.7 Å². The summed E-state index contributed by atoms with van der Waals surface area (Å²) in [5.41, 5.74) is 5.97. The van der Waals surface area contributed by atoms with Gasteiger partial charge in [-0.3, -0.25) is 14.5 Å². The number of aliphatic carboxylic acids is 1. The maximum absolute atomic E-state index is 12.1. The van der Waals surface area contributed by atoms with Crippen molar-refractivity contribution in [2.24, 2.45) is 11.7 Å². The van der Waals surface area contributed by atoms with E-state index in [0.29, 0.717) is 38.5 Å². The van der Waals surface area contributed by atoms with Crippen LogP contribution in [-0.4, -0.2) is 65.0 Å². The van der Waals surface area contributed by atoms with Gasteiger partial charge >= 0.3 is 5.97 Å². The number of carbonyl (C=O) groups excluding carboxylic acids is 1. The minimum absolute atomic E-state index is 0.00322. The van der Waals surface area contributed by atoms with Crippen LogP contribution in [0.4, 0.5) is 0 Å². The van der Waals surface area contributed by atoms with Crippen molar-refractivity contribution in [1.29, 1.82) is 0 Å². The molecule has 2 atom stereocenters. The number of amides is 1. The molecule has 6 nitrogen and oxygen atoms in total. The molecule has 0 radical (unpaired) electrons. The lowest BCUT2D eigenvalue weighted by atomic mass is 10.1. The third-order valence-electron chi connectivity index (χ3n) is 4.21. The van der Waals surface area contributed by atoms with Crippen LogP contribution in [0.5, 0.6) is 0 Å². The number of piperazine rings is 1. The predicted molar refractivity (Wildman–Crippen MR) is 70.6 cm³/mol. The lowest BCUT2D eigenvalue weighted by molar-refractivity contribution is -0.144. The molecule has 1 aliphatic carbocycles. The third-order valence-corrected chi connectivity index (χ3v) is 4.21. The van der Waals surface area contributed by atoms with Crippen molar-refractivity contribution in [3.05, 3.63) is 0 Å².